The van der Waals surface area contributed by atoms with Crippen molar-refractivity contribution in [1.82, 2.24) is 9.78 Å². The Hall–Kier alpha value is -1.65. The largest absolute Gasteiger partial charge is 0.374 e. The molecule has 0 aliphatic carbocycles. The molecule has 0 amide bonds. The Morgan fingerprint density at radius 3 is 3.17 bits per heavy atom. The molecule has 1 aromatic rings. The minimum atomic E-state index is -0.237. The minimum Gasteiger partial charge on any atom is -0.374 e. The Kier molecular flexibility index (Phi) is 2.57. The average Bonchev–Trinajstić information content (AvgIpc) is 2.08. The summed E-state index contributed by atoms with van der Waals surface area (Å²) in [5.74, 6) is 0. The minimum absolute atomic E-state index is 0.138. The predicted octanol–water partition coefficient (Wildman–Crippen LogP) is -0.609. The summed E-state index contributed by atoms with van der Waals surface area (Å²) >= 11 is 0. The Balaban J connectivity index is 2.92. The number of aryl methyl sites for hydroxylation is 1. The van der Waals surface area contributed by atoms with E-state index in [0.29, 0.717) is 12.0 Å². The second-order valence-corrected chi connectivity index (χ2v) is 2.22. The SMILES string of the molecule is Cn1nccc(NCC=O)c1=O. The molecule has 0 atom stereocenters. The van der Waals surface area contributed by atoms with Crippen LogP contribution in [-0.2, 0) is 11.8 Å². The molecule has 0 aromatic carbocycles. The lowest BCUT2D eigenvalue weighted by molar-refractivity contribution is -0.106. The summed E-state index contributed by atoms with van der Waals surface area (Å²) in [6.45, 7) is 0.138. The van der Waals surface area contributed by atoms with Crippen molar-refractivity contribution in [3.8, 4) is 0 Å². The van der Waals surface area contributed by atoms with Crippen LogP contribution >= 0.6 is 0 Å². The number of rotatable bonds is 3. The number of aldehydes is 1. The number of carbonyl (C=O) groups is 1. The van der Waals surface area contributed by atoms with Gasteiger partial charge in [0.2, 0.25) is 0 Å². The highest BCUT2D eigenvalue weighted by Crippen LogP contribution is 1.93. The maximum atomic E-state index is 11.2. The molecule has 0 saturated heterocycles. The van der Waals surface area contributed by atoms with Gasteiger partial charge in [-0.3, -0.25) is 4.79 Å². The molecular formula is C7H9N3O2. The van der Waals surface area contributed by atoms with Gasteiger partial charge < -0.3 is 10.1 Å². The van der Waals surface area contributed by atoms with Gasteiger partial charge in [-0.2, -0.15) is 5.10 Å². The molecule has 1 aromatic heterocycles. The van der Waals surface area contributed by atoms with E-state index in [1.165, 1.54) is 16.9 Å². The first-order valence-corrected chi connectivity index (χ1v) is 3.45. The average molecular weight is 167 g/mol. The summed E-state index contributed by atoms with van der Waals surface area (Å²) in [4.78, 5) is 21.2. The molecular weight excluding hydrogens is 158 g/mol. The fourth-order valence-electron chi connectivity index (χ4n) is 0.792. The van der Waals surface area contributed by atoms with Crippen LogP contribution in [0.5, 0.6) is 0 Å². The Morgan fingerprint density at radius 1 is 1.75 bits per heavy atom. The van der Waals surface area contributed by atoms with Gasteiger partial charge in [-0.15, -0.1) is 0 Å². The summed E-state index contributed by atoms with van der Waals surface area (Å²) in [7, 11) is 1.55. The van der Waals surface area contributed by atoms with Crippen LogP contribution in [0.1, 0.15) is 0 Å². The lowest BCUT2D eigenvalue weighted by atomic mass is 10.4. The molecule has 0 aliphatic heterocycles. The number of anilines is 1. The highest BCUT2D eigenvalue weighted by atomic mass is 16.1. The first-order chi connectivity index (χ1) is 5.75. The molecule has 1 N–H and O–H groups in total. The van der Waals surface area contributed by atoms with E-state index in [-0.39, 0.29) is 12.1 Å². The molecule has 0 radical (unpaired) electrons. The van der Waals surface area contributed by atoms with Crippen LogP contribution in [0.3, 0.4) is 0 Å². The summed E-state index contributed by atoms with van der Waals surface area (Å²) in [6, 6.07) is 1.53. The third-order valence-corrected chi connectivity index (χ3v) is 1.38. The van der Waals surface area contributed by atoms with E-state index in [0.717, 1.165) is 0 Å². The zero-order valence-electron chi connectivity index (χ0n) is 6.65. The number of nitrogens with zero attached hydrogens (tertiary/aromatic N) is 2. The van der Waals surface area contributed by atoms with Crippen LogP contribution in [0.25, 0.3) is 0 Å². The Morgan fingerprint density at radius 2 is 2.50 bits per heavy atom. The van der Waals surface area contributed by atoms with E-state index in [2.05, 4.69) is 10.4 Å². The smallest absolute Gasteiger partial charge is 0.289 e. The number of nitrogens with one attached hydrogen (secondary N) is 1. The number of hydrogen-bond acceptors (Lipinski definition) is 4. The zero-order valence-corrected chi connectivity index (χ0v) is 6.65. The van der Waals surface area contributed by atoms with Crippen LogP contribution < -0.4 is 10.9 Å². The highest BCUT2D eigenvalue weighted by Gasteiger charge is 1.98. The molecule has 5 nitrogen and oxygen atoms in total. The highest BCUT2D eigenvalue weighted by molar-refractivity contribution is 5.58. The van der Waals surface area contributed by atoms with Crippen LogP contribution in [0.2, 0.25) is 0 Å². The summed E-state index contributed by atoms with van der Waals surface area (Å²) < 4.78 is 1.20. The molecule has 64 valence electrons. The van der Waals surface area contributed by atoms with Crippen molar-refractivity contribution in [3.63, 3.8) is 0 Å². The number of hydrogen-bond donors (Lipinski definition) is 1. The van der Waals surface area contributed by atoms with Gasteiger partial charge in [-0.25, -0.2) is 4.68 Å². The fraction of sp³-hybridized carbons (Fsp3) is 0.286. The zero-order chi connectivity index (χ0) is 8.97. The van der Waals surface area contributed by atoms with Gasteiger partial charge in [0, 0.05) is 13.2 Å². The molecule has 5 heteroatoms. The van der Waals surface area contributed by atoms with E-state index >= 15 is 0 Å². The lowest BCUT2D eigenvalue weighted by Gasteiger charge is -2.01. The quantitative estimate of drug-likeness (QED) is 0.610. The molecule has 0 saturated carbocycles. The molecule has 1 rings (SSSR count). The van der Waals surface area contributed by atoms with Gasteiger partial charge >= 0.3 is 0 Å². The lowest BCUT2D eigenvalue weighted by Crippen LogP contribution is -2.23. The van der Waals surface area contributed by atoms with Crippen molar-refractivity contribution in [3.05, 3.63) is 22.6 Å². The molecule has 0 aliphatic rings. The summed E-state index contributed by atoms with van der Waals surface area (Å²) in [5, 5.41) is 6.39. The number of aromatic nitrogens is 2. The van der Waals surface area contributed by atoms with Gasteiger partial charge in [0.25, 0.3) is 5.56 Å². The van der Waals surface area contributed by atoms with Crippen molar-refractivity contribution >= 4 is 12.0 Å². The van der Waals surface area contributed by atoms with Gasteiger partial charge in [0.1, 0.15) is 12.0 Å². The fourth-order valence-corrected chi connectivity index (χ4v) is 0.792. The second-order valence-electron chi connectivity index (χ2n) is 2.22. The molecule has 0 fully saturated rings. The standard InChI is InChI=1S/C7H9N3O2/c1-10-7(12)6(2-3-9-10)8-4-5-11/h2-3,5,8H,4H2,1H3. The van der Waals surface area contributed by atoms with Crippen LogP contribution in [0.4, 0.5) is 5.69 Å². The van der Waals surface area contributed by atoms with E-state index in [9.17, 15) is 9.59 Å². The molecule has 0 spiro atoms. The maximum absolute atomic E-state index is 11.2. The molecule has 12 heavy (non-hydrogen) atoms. The normalized spacial score (nSPS) is 9.42. The van der Waals surface area contributed by atoms with Gasteiger partial charge in [-0.05, 0) is 6.07 Å². The Bertz CT molecular complexity index is 332. The van der Waals surface area contributed by atoms with Gasteiger partial charge in [0.15, 0.2) is 0 Å². The van der Waals surface area contributed by atoms with E-state index < -0.39 is 0 Å². The predicted molar refractivity (Wildman–Crippen MR) is 44.0 cm³/mol. The topological polar surface area (TPSA) is 64.0 Å². The van der Waals surface area contributed by atoms with Crippen LogP contribution in [-0.4, -0.2) is 22.6 Å². The van der Waals surface area contributed by atoms with Gasteiger partial charge in [0.05, 0.1) is 6.54 Å². The third-order valence-electron chi connectivity index (χ3n) is 1.38. The van der Waals surface area contributed by atoms with Crippen LogP contribution in [0, 0.1) is 0 Å². The van der Waals surface area contributed by atoms with E-state index in [1.807, 2.05) is 0 Å². The molecule has 1 heterocycles. The van der Waals surface area contributed by atoms with Crippen molar-refractivity contribution in [2.24, 2.45) is 7.05 Å². The van der Waals surface area contributed by atoms with Crippen molar-refractivity contribution < 1.29 is 4.79 Å². The first-order valence-electron chi connectivity index (χ1n) is 3.45. The molecule has 0 unspecified atom stereocenters. The van der Waals surface area contributed by atoms with Crippen molar-refractivity contribution in [1.29, 1.82) is 0 Å². The Labute approximate surface area is 69.0 Å². The third kappa shape index (κ3) is 1.69. The summed E-state index contributed by atoms with van der Waals surface area (Å²) in [6.07, 6.45) is 2.19. The molecule has 0 bridgehead atoms. The monoisotopic (exact) mass is 167 g/mol. The van der Waals surface area contributed by atoms with Crippen molar-refractivity contribution in [2.45, 2.75) is 0 Å². The van der Waals surface area contributed by atoms with E-state index in [1.54, 1.807) is 7.05 Å². The first kappa shape index (κ1) is 8.45. The summed E-state index contributed by atoms with van der Waals surface area (Å²) in [5.41, 5.74) is 0.152. The second kappa shape index (κ2) is 3.66. The van der Waals surface area contributed by atoms with Gasteiger partial charge in [-0.1, -0.05) is 0 Å². The maximum Gasteiger partial charge on any atom is 0.289 e. The van der Waals surface area contributed by atoms with E-state index in [4.69, 9.17) is 0 Å². The number of carbonyl (C=O) groups excluding carboxylic acids is 1. The van der Waals surface area contributed by atoms with Crippen molar-refractivity contribution in [2.75, 3.05) is 11.9 Å². The van der Waals surface area contributed by atoms with Crippen LogP contribution in [0.15, 0.2) is 17.1 Å².